The number of thiazole rings is 1. The molecule has 6 nitrogen and oxygen atoms in total. The van der Waals surface area contributed by atoms with Crippen molar-refractivity contribution >= 4 is 49.1 Å². The van der Waals surface area contributed by atoms with Crippen LogP contribution in [0.4, 0.5) is 10.8 Å². The van der Waals surface area contributed by atoms with Gasteiger partial charge in [-0.05, 0) is 22.4 Å². The van der Waals surface area contributed by atoms with Gasteiger partial charge in [-0.15, -0.1) is 0 Å². The Morgan fingerprint density at radius 1 is 1.08 bits per heavy atom. The van der Waals surface area contributed by atoms with Crippen LogP contribution in [0, 0.1) is 10.1 Å². The highest BCUT2D eigenvalue weighted by molar-refractivity contribution is 7.22. The number of anilines is 1. The Hall–Kier alpha value is -3.32. The van der Waals surface area contributed by atoms with Gasteiger partial charge < -0.3 is 5.32 Å². The number of non-ortho nitro benzene ring substituents is 1. The lowest BCUT2D eigenvalue weighted by atomic mass is 10.1. The standard InChI is InChI=1S/C19H13N3O3S/c23-18(10-12-5-6-13-3-1-2-4-14(13)9-12)21-19-20-16-11-15(22(24)25)7-8-17(16)26-19/h1-9,11H,10H2,(H,20,21,23). The van der Waals surface area contributed by atoms with Gasteiger partial charge in [-0.25, -0.2) is 4.98 Å². The van der Waals surface area contributed by atoms with Gasteiger partial charge in [-0.1, -0.05) is 53.8 Å². The molecule has 0 unspecified atom stereocenters. The largest absolute Gasteiger partial charge is 0.302 e. The number of hydrogen-bond donors (Lipinski definition) is 1. The summed E-state index contributed by atoms with van der Waals surface area (Å²) in [6, 6.07) is 18.4. The minimum Gasteiger partial charge on any atom is -0.302 e. The molecule has 0 radical (unpaired) electrons. The zero-order valence-corrected chi connectivity index (χ0v) is 14.3. The van der Waals surface area contributed by atoms with Crippen LogP contribution in [0.3, 0.4) is 0 Å². The normalized spacial score (nSPS) is 10.9. The van der Waals surface area contributed by atoms with Gasteiger partial charge in [0.1, 0.15) is 0 Å². The summed E-state index contributed by atoms with van der Waals surface area (Å²) < 4.78 is 0.789. The molecular formula is C19H13N3O3S. The van der Waals surface area contributed by atoms with Crippen LogP contribution in [0.15, 0.2) is 60.7 Å². The van der Waals surface area contributed by atoms with E-state index in [-0.39, 0.29) is 18.0 Å². The fourth-order valence-electron chi connectivity index (χ4n) is 2.78. The minimum atomic E-state index is -0.462. The van der Waals surface area contributed by atoms with Crippen molar-refractivity contribution in [1.29, 1.82) is 0 Å². The molecule has 0 atom stereocenters. The second kappa shape index (κ2) is 6.53. The molecule has 1 heterocycles. The molecule has 0 aliphatic rings. The predicted octanol–water partition coefficient (Wildman–Crippen LogP) is 4.54. The number of fused-ring (bicyclic) bond motifs is 2. The molecule has 4 aromatic rings. The number of rotatable bonds is 4. The molecule has 1 amide bonds. The third kappa shape index (κ3) is 3.25. The van der Waals surface area contributed by atoms with E-state index in [4.69, 9.17) is 0 Å². The molecule has 1 N–H and O–H groups in total. The topological polar surface area (TPSA) is 85.1 Å². The summed E-state index contributed by atoms with van der Waals surface area (Å²) in [5, 5.41) is 16.3. The highest BCUT2D eigenvalue weighted by Gasteiger charge is 2.12. The van der Waals surface area contributed by atoms with E-state index in [1.807, 2.05) is 42.5 Å². The molecule has 0 spiro atoms. The van der Waals surface area contributed by atoms with Gasteiger partial charge in [0.2, 0.25) is 5.91 Å². The third-order valence-corrected chi connectivity index (χ3v) is 4.96. The first kappa shape index (κ1) is 16.2. The van der Waals surface area contributed by atoms with Crippen LogP contribution in [-0.4, -0.2) is 15.8 Å². The summed E-state index contributed by atoms with van der Waals surface area (Å²) >= 11 is 1.29. The second-order valence-electron chi connectivity index (χ2n) is 5.83. The van der Waals surface area contributed by atoms with Crippen LogP contribution in [0.25, 0.3) is 21.0 Å². The van der Waals surface area contributed by atoms with E-state index in [1.54, 1.807) is 6.07 Å². The molecule has 0 bridgehead atoms. The number of nitro groups is 1. The number of nitrogens with one attached hydrogen (secondary N) is 1. The average Bonchev–Trinajstić information content (AvgIpc) is 3.02. The summed E-state index contributed by atoms with van der Waals surface area (Å²) in [5.74, 6) is -0.172. The van der Waals surface area contributed by atoms with Crippen molar-refractivity contribution in [3.63, 3.8) is 0 Å². The Morgan fingerprint density at radius 3 is 2.69 bits per heavy atom. The molecule has 0 saturated carbocycles. The van der Waals surface area contributed by atoms with Crippen LogP contribution in [0.2, 0.25) is 0 Å². The first-order chi connectivity index (χ1) is 12.6. The van der Waals surface area contributed by atoms with Crippen molar-refractivity contribution in [2.75, 3.05) is 5.32 Å². The zero-order valence-electron chi connectivity index (χ0n) is 13.5. The first-order valence-electron chi connectivity index (χ1n) is 7.91. The molecule has 3 aromatic carbocycles. The smallest absolute Gasteiger partial charge is 0.271 e. The van der Waals surface area contributed by atoms with E-state index in [2.05, 4.69) is 10.3 Å². The molecule has 26 heavy (non-hydrogen) atoms. The lowest BCUT2D eigenvalue weighted by Gasteiger charge is -2.04. The number of carbonyl (C=O) groups excluding carboxylic acids is 1. The molecular weight excluding hydrogens is 350 g/mol. The summed E-state index contributed by atoms with van der Waals surface area (Å²) in [4.78, 5) is 27.0. The lowest BCUT2D eigenvalue weighted by Crippen LogP contribution is -2.14. The molecule has 0 fully saturated rings. The molecule has 0 saturated heterocycles. The van der Waals surface area contributed by atoms with E-state index in [0.29, 0.717) is 10.6 Å². The summed E-state index contributed by atoms with van der Waals surface area (Å²) in [7, 11) is 0. The van der Waals surface area contributed by atoms with Crippen molar-refractivity contribution < 1.29 is 9.72 Å². The van der Waals surface area contributed by atoms with E-state index in [9.17, 15) is 14.9 Å². The average molecular weight is 363 g/mol. The van der Waals surface area contributed by atoms with E-state index in [0.717, 1.165) is 21.0 Å². The van der Waals surface area contributed by atoms with Crippen LogP contribution < -0.4 is 5.32 Å². The Balaban J connectivity index is 1.51. The number of nitrogens with zero attached hydrogens (tertiary/aromatic N) is 2. The highest BCUT2D eigenvalue weighted by atomic mass is 32.1. The van der Waals surface area contributed by atoms with Gasteiger partial charge in [0, 0.05) is 12.1 Å². The molecule has 1 aromatic heterocycles. The molecule has 7 heteroatoms. The van der Waals surface area contributed by atoms with Gasteiger partial charge in [0.05, 0.1) is 21.6 Å². The third-order valence-electron chi connectivity index (χ3n) is 4.01. The maximum atomic E-state index is 12.3. The Morgan fingerprint density at radius 2 is 1.88 bits per heavy atom. The lowest BCUT2D eigenvalue weighted by molar-refractivity contribution is -0.384. The highest BCUT2D eigenvalue weighted by Crippen LogP contribution is 2.29. The number of hydrogen-bond acceptors (Lipinski definition) is 5. The van der Waals surface area contributed by atoms with Crippen LogP contribution >= 0.6 is 11.3 Å². The minimum absolute atomic E-state index is 0.0168. The zero-order chi connectivity index (χ0) is 18.1. The Kier molecular flexibility index (Phi) is 4.06. The van der Waals surface area contributed by atoms with Crippen molar-refractivity contribution in [2.45, 2.75) is 6.42 Å². The fourth-order valence-corrected chi connectivity index (χ4v) is 3.64. The number of aromatic nitrogens is 1. The number of nitro benzene ring substituents is 1. The van der Waals surface area contributed by atoms with E-state index in [1.165, 1.54) is 23.5 Å². The van der Waals surface area contributed by atoms with Crippen LogP contribution in [-0.2, 0) is 11.2 Å². The van der Waals surface area contributed by atoms with Crippen LogP contribution in [0.5, 0.6) is 0 Å². The van der Waals surface area contributed by atoms with Gasteiger partial charge >= 0.3 is 0 Å². The van der Waals surface area contributed by atoms with Crippen LogP contribution in [0.1, 0.15) is 5.56 Å². The van der Waals surface area contributed by atoms with Crippen molar-refractivity contribution in [1.82, 2.24) is 4.98 Å². The van der Waals surface area contributed by atoms with Crippen molar-refractivity contribution in [3.05, 3.63) is 76.3 Å². The predicted molar refractivity (Wildman–Crippen MR) is 103 cm³/mol. The van der Waals surface area contributed by atoms with Crippen molar-refractivity contribution in [3.8, 4) is 0 Å². The first-order valence-corrected chi connectivity index (χ1v) is 8.73. The van der Waals surface area contributed by atoms with E-state index < -0.39 is 4.92 Å². The summed E-state index contributed by atoms with van der Waals surface area (Å²) in [5.41, 5.74) is 1.40. The fraction of sp³-hybridized carbons (Fsp3) is 0.0526. The number of carbonyl (C=O) groups is 1. The Labute approximate surface area is 152 Å². The van der Waals surface area contributed by atoms with Crippen molar-refractivity contribution in [2.24, 2.45) is 0 Å². The summed E-state index contributed by atoms with van der Waals surface area (Å²) in [6.45, 7) is 0. The molecule has 0 aliphatic carbocycles. The maximum absolute atomic E-state index is 12.3. The molecule has 0 aliphatic heterocycles. The van der Waals surface area contributed by atoms with Gasteiger partial charge in [0.25, 0.3) is 5.69 Å². The maximum Gasteiger partial charge on any atom is 0.271 e. The van der Waals surface area contributed by atoms with E-state index >= 15 is 0 Å². The molecule has 128 valence electrons. The van der Waals surface area contributed by atoms with Gasteiger partial charge in [0.15, 0.2) is 5.13 Å². The quantitative estimate of drug-likeness (QED) is 0.426. The summed E-state index contributed by atoms with van der Waals surface area (Å²) in [6.07, 6.45) is 0.237. The second-order valence-corrected chi connectivity index (χ2v) is 6.87. The molecule has 4 rings (SSSR count). The van der Waals surface area contributed by atoms with Gasteiger partial charge in [-0.3, -0.25) is 14.9 Å². The Bertz CT molecular complexity index is 1150. The SMILES string of the molecule is O=C(Cc1ccc2ccccc2c1)Nc1nc2cc([N+](=O)[O-])ccc2s1. The number of benzene rings is 3. The van der Waals surface area contributed by atoms with Gasteiger partial charge in [-0.2, -0.15) is 0 Å². The number of amides is 1. The monoisotopic (exact) mass is 363 g/mol.